The van der Waals surface area contributed by atoms with E-state index in [0.29, 0.717) is 18.2 Å². The number of amides is 2. The number of ether oxygens (including phenoxy) is 1. The lowest BCUT2D eigenvalue weighted by atomic mass is 10.1. The smallest absolute Gasteiger partial charge is 0.242 e. The number of halogens is 2. The van der Waals surface area contributed by atoms with Gasteiger partial charge in [-0.1, -0.05) is 35.9 Å². The third-order valence-corrected chi connectivity index (χ3v) is 5.48. The second-order valence-corrected chi connectivity index (χ2v) is 7.94. The normalized spacial score (nSPS) is 16.8. The lowest BCUT2D eigenvalue weighted by molar-refractivity contribution is -0.140. The highest BCUT2D eigenvalue weighted by Gasteiger charge is 2.27. The van der Waals surface area contributed by atoms with Crippen molar-refractivity contribution in [2.75, 3.05) is 13.2 Å². The number of rotatable bonds is 8. The van der Waals surface area contributed by atoms with E-state index in [-0.39, 0.29) is 36.7 Å². The third-order valence-electron chi connectivity index (χ3n) is 5.23. The van der Waals surface area contributed by atoms with E-state index in [9.17, 15) is 14.0 Å². The van der Waals surface area contributed by atoms with Gasteiger partial charge in [-0.05, 0) is 55.2 Å². The van der Waals surface area contributed by atoms with Gasteiger partial charge in [0, 0.05) is 24.7 Å². The Morgan fingerprint density at radius 3 is 2.47 bits per heavy atom. The van der Waals surface area contributed by atoms with E-state index in [1.54, 1.807) is 43.3 Å². The van der Waals surface area contributed by atoms with Gasteiger partial charge in [-0.25, -0.2) is 4.39 Å². The molecule has 1 aliphatic heterocycles. The molecule has 0 aromatic heterocycles. The molecule has 1 fully saturated rings. The molecule has 2 aromatic carbocycles. The molecular weight excluding hydrogens is 407 g/mol. The van der Waals surface area contributed by atoms with E-state index in [1.807, 2.05) is 0 Å². The van der Waals surface area contributed by atoms with E-state index in [0.717, 1.165) is 24.0 Å². The predicted octanol–water partition coefficient (Wildman–Crippen LogP) is 3.73. The Balaban J connectivity index is 1.71. The highest BCUT2D eigenvalue weighted by atomic mass is 35.5. The molecule has 3 rings (SSSR count). The zero-order valence-corrected chi connectivity index (χ0v) is 17.7. The second-order valence-electron chi connectivity index (χ2n) is 7.51. The van der Waals surface area contributed by atoms with E-state index in [2.05, 4.69) is 5.32 Å². The van der Waals surface area contributed by atoms with E-state index >= 15 is 0 Å². The van der Waals surface area contributed by atoms with E-state index < -0.39 is 6.04 Å². The Bertz CT molecular complexity index is 852. The summed E-state index contributed by atoms with van der Waals surface area (Å²) in [6.45, 7) is 3.06. The largest absolute Gasteiger partial charge is 0.376 e. The van der Waals surface area contributed by atoms with Crippen LogP contribution in [-0.4, -0.2) is 42.0 Å². The van der Waals surface area contributed by atoms with Crippen LogP contribution in [0.1, 0.15) is 30.9 Å². The zero-order valence-electron chi connectivity index (χ0n) is 16.9. The van der Waals surface area contributed by atoms with Crippen LogP contribution in [-0.2, 0) is 27.3 Å². The first-order chi connectivity index (χ1) is 14.4. The van der Waals surface area contributed by atoms with Gasteiger partial charge >= 0.3 is 0 Å². The molecule has 2 unspecified atom stereocenters. The van der Waals surface area contributed by atoms with Crippen LogP contribution in [0.15, 0.2) is 48.5 Å². The number of carbonyl (C=O) groups is 2. The molecule has 1 aliphatic rings. The Kier molecular flexibility index (Phi) is 7.82. The summed E-state index contributed by atoms with van der Waals surface area (Å²) < 4.78 is 18.8. The standard InChI is InChI=1S/C23H26ClFN2O3/c1-16(23(29)26-14-21-3-2-12-30-21)27(15-18-6-10-20(25)11-7-18)22(28)13-17-4-8-19(24)9-5-17/h4-11,16,21H,2-3,12-15H2,1H3,(H,26,29). The van der Waals surface area contributed by atoms with Crippen molar-refractivity contribution in [3.63, 3.8) is 0 Å². The molecule has 5 nitrogen and oxygen atoms in total. The number of nitrogens with zero attached hydrogens (tertiary/aromatic N) is 1. The van der Waals surface area contributed by atoms with Gasteiger partial charge in [-0.15, -0.1) is 0 Å². The molecule has 7 heteroatoms. The molecule has 30 heavy (non-hydrogen) atoms. The third kappa shape index (κ3) is 6.28. The van der Waals surface area contributed by atoms with Crippen molar-refractivity contribution in [2.45, 2.75) is 44.9 Å². The quantitative estimate of drug-likeness (QED) is 0.691. The summed E-state index contributed by atoms with van der Waals surface area (Å²) in [6.07, 6.45) is 2.08. The van der Waals surface area contributed by atoms with Crippen molar-refractivity contribution < 1.29 is 18.7 Å². The summed E-state index contributed by atoms with van der Waals surface area (Å²) in [5.74, 6) is -0.779. The maximum absolute atomic E-state index is 13.3. The fraction of sp³-hybridized carbons (Fsp3) is 0.391. The molecule has 0 spiro atoms. The van der Waals surface area contributed by atoms with Gasteiger partial charge in [0.2, 0.25) is 11.8 Å². The summed E-state index contributed by atoms with van der Waals surface area (Å²) in [4.78, 5) is 27.4. The molecule has 1 saturated heterocycles. The van der Waals surface area contributed by atoms with Crippen LogP contribution in [0.3, 0.4) is 0 Å². The van der Waals surface area contributed by atoms with E-state index in [1.165, 1.54) is 17.0 Å². The SMILES string of the molecule is CC(C(=O)NCC1CCCO1)N(Cc1ccc(F)cc1)C(=O)Cc1ccc(Cl)cc1. The van der Waals surface area contributed by atoms with Gasteiger partial charge in [0.05, 0.1) is 12.5 Å². The molecule has 160 valence electrons. The van der Waals surface area contributed by atoms with Gasteiger partial charge in [0.1, 0.15) is 11.9 Å². The average molecular weight is 433 g/mol. The van der Waals surface area contributed by atoms with Gasteiger partial charge in [-0.3, -0.25) is 9.59 Å². The lowest BCUT2D eigenvalue weighted by Crippen LogP contribution is -2.49. The number of carbonyl (C=O) groups excluding carboxylic acids is 2. The Morgan fingerprint density at radius 2 is 1.83 bits per heavy atom. The minimum Gasteiger partial charge on any atom is -0.376 e. The first-order valence-electron chi connectivity index (χ1n) is 10.1. The van der Waals surface area contributed by atoms with E-state index in [4.69, 9.17) is 16.3 Å². The number of hydrogen-bond acceptors (Lipinski definition) is 3. The van der Waals surface area contributed by atoms with Gasteiger partial charge in [0.15, 0.2) is 0 Å². The molecule has 0 bridgehead atoms. The van der Waals surface area contributed by atoms with Crippen molar-refractivity contribution in [2.24, 2.45) is 0 Å². The molecule has 0 aliphatic carbocycles. The molecule has 2 aromatic rings. The monoisotopic (exact) mass is 432 g/mol. The number of benzene rings is 2. The van der Waals surface area contributed by atoms with Crippen LogP contribution < -0.4 is 5.32 Å². The van der Waals surface area contributed by atoms with Crippen molar-refractivity contribution in [1.29, 1.82) is 0 Å². The van der Waals surface area contributed by atoms with Crippen LogP contribution in [0.5, 0.6) is 0 Å². The molecule has 2 atom stereocenters. The van der Waals surface area contributed by atoms with Gasteiger partial charge in [0.25, 0.3) is 0 Å². The van der Waals surface area contributed by atoms with Gasteiger partial charge < -0.3 is 15.0 Å². The summed E-state index contributed by atoms with van der Waals surface area (Å²) in [6, 6.07) is 12.3. The molecule has 2 amide bonds. The maximum atomic E-state index is 13.3. The van der Waals surface area contributed by atoms with Crippen molar-refractivity contribution in [1.82, 2.24) is 10.2 Å². The van der Waals surface area contributed by atoms with Crippen LogP contribution in [0, 0.1) is 5.82 Å². The van der Waals surface area contributed by atoms with Gasteiger partial charge in [-0.2, -0.15) is 0 Å². The molecular formula is C23H26ClFN2O3. The summed E-state index contributed by atoms with van der Waals surface area (Å²) in [5, 5.41) is 3.48. The Hall–Kier alpha value is -2.44. The molecule has 0 radical (unpaired) electrons. The van der Waals surface area contributed by atoms with Crippen LogP contribution >= 0.6 is 11.6 Å². The molecule has 1 heterocycles. The summed E-state index contributed by atoms with van der Waals surface area (Å²) >= 11 is 5.92. The zero-order chi connectivity index (χ0) is 21.5. The topological polar surface area (TPSA) is 58.6 Å². The maximum Gasteiger partial charge on any atom is 0.242 e. The molecule has 0 saturated carbocycles. The van der Waals surface area contributed by atoms with Crippen molar-refractivity contribution in [3.05, 3.63) is 70.5 Å². The average Bonchev–Trinajstić information content (AvgIpc) is 3.26. The van der Waals surface area contributed by atoms with Crippen molar-refractivity contribution in [3.8, 4) is 0 Å². The highest BCUT2D eigenvalue weighted by molar-refractivity contribution is 6.30. The van der Waals surface area contributed by atoms with Crippen LogP contribution in [0.4, 0.5) is 4.39 Å². The Labute approximate surface area is 181 Å². The Morgan fingerprint density at radius 1 is 1.17 bits per heavy atom. The summed E-state index contributed by atoms with van der Waals surface area (Å²) in [7, 11) is 0. The summed E-state index contributed by atoms with van der Waals surface area (Å²) in [5.41, 5.74) is 1.56. The van der Waals surface area contributed by atoms with Crippen molar-refractivity contribution >= 4 is 23.4 Å². The van der Waals surface area contributed by atoms with Crippen LogP contribution in [0.25, 0.3) is 0 Å². The number of hydrogen-bond donors (Lipinski definition) is 1. The minimum absolute atomic E-state index is 0.0245. The fourth-order valence-corrected chi connectivity index (χ4v) is 3.54. The first-order valence-corrected chi connectivity index (χ1v) is 10.5. The predicted molar refractivity (Wildman–Crippen MR) is 114 cm³/mol. The van der Waals surface area contributed by atoms with Crippen LogP contribution in [0.2, 0.25) is 5.02 Å². The number of nitrogens with one attached hydrogen (secondary N) is 1. The molecule has 1 N–H and O–H groups in total. The fourth-order valence-electron chi connectivity index (χ4n) is 3.42. The lowest BCUT2D eigenvalue weighted by Gasteiger charge is -2.29. The highest BCUT2D eigenvalue weighted by Crippen LogP contribution is 2.16. The minimum atomic E-state index is -0.684. The first kappa shape index (κ1) is 22.2. The second kappa shape index (κ2) is 10.5.